The van der Waals surface area contributed by atoms with Crippen molar-refractivity contribution in [2.75, 3.05) is 0 Å². The molecule has 0 bridgehead atoms. The maximum Gasteiger partial charge on any atom is 0.137 e. The van der Waals surface area contributed by atoms with E-state index in [-0.39, 0.29) is 11.9 Å². The van der Waals surface area contributed by atoms with Crippen LogP contribution in [0.15, 0.2) is 45.3 Å². The molecule has 21 heavy (non-hydrogen) atoms. The monoisotopic (exact) mass is 415 g/mol. The van der Waals surface area contributed by atoms with Crippen LogP contribution < -0.4 is 10.5 Å². The van der Waals surface area contributed by atoms with Crippen LogP contribution in [0.3, 0.4) is 0 Å². The Morgan fingerprint density at radius 2 is 2.00 bits per heavy atom. The van der Waals surface area contributed by atoms with Gasteiger partial charge in [-0.2, -0.15) is 0 Å². The van der Waals surface area contributed by atoms with E-state index in [0.29, 0.717) is 11.1 Å². The summed E-state index contributed by atoms with van der Waals surface area (Å²) >= 11 is 6.77. The van der Waals surface area contributed by atoms with Gasteiger partial charge in [-0.25, -0.2) is 4.39 Å². The average Bonchev–Trinajstić information content (AvgIpc) is 2.36. The number of para-hydroxylation sites is 1. The summed E-state index contributed by atoms with van der Waals surface area (Å²) in [5.74, 6) is 0.473. The molecule has 2 N–H and O–H groups in total. The molecule has 0 spiro atoms. The number of hydrogen-bond donors (Lipinski definition) is 1. The van der Waals surface area contributed by atoms with Crippen molar-refractivity contribution in [2.45, 2.75) is 26.0 Å². The van der Waals surface area contributed by atoms with Gasteiger partial charge in [0.15, 0.2) is 0 Å². The Kier molecular flexibility index (Phi) is 5.79. The van der Waals surface area contributed by atoms with Crippen LogP contribution in [0, 0.1) is 5.82 Å². The van der Waals surface area contributed by atoms with Gasteiger partial charge < -0.3 is 10.5 Å². The summed E-state index contributed by atoms with van der Waals surface area (Å²) in [6.45, 7) is 2.25. The van der Waals surface area contributed by atoms with E-state index < -0.39 is 0 Å². The summed E-state index contributed by atoms with van der Waals surface area (Å²) in [5, 5.41) is 0. The summed E-state index contributed by atoms with van der Waals surface area (Å²) in [7, 11) is 0. The van der Waals surface area contributed by atoms with Crippen molar-refractivity contribution in [2.24, 2.45) is 5.73 Å². The van der Waals surface area contributed by atoms with Crippen LogP contribution in [0.4, 0.5) is 4.39 Å². The third kappa shape index (κ3) is 4.80. The first-order valence-corrected chi connectivity index (χ1v) is 8.15. The smallest absolute Gasteiger partial charge is 0.137 e. The van der Waals surface area contributed by atoms with Gasteiger partial charge in [-0.15, -0.1) is 0 Å². The molecule has 5 heteroatoms. The fourth-order valence-corrected chi connectivity index (χ4v) is 3.11. The van der Waals surface area contributed by atoms with E-state index in [0.717, 1.165) is 27.8 Å². The van der Waals surface area contributed by atoms with Crippen LogP contribution in [0.5, 0.6) is 5.75 Å². The second kappa shape index (κ2) is 7.38. The first-order valence-electron chi connectivity index (χ1n) is 6.56. The number of ether oxygens (including phenoxy) is 1. The van der Waals surface area contributed by atoms with Gasteiger partial charge in [0.2, 0.25) is 0 Å². The van der Waals surface area contributed by atoms with Crippen molar-refractivity contribution in [1.29, 1.82) is 0 Å². The van der Waals surface area contributed by atoms with Gasteiger partial charge in [0.1, 0.15) is 18.2 Å². The average molecular weight is 417 g/mol. The van der Waals surface area contributed by atoms with Gasteiger partial charge in [0.25, 0.3) is 0 Å². The summed E-state index contributed by atoms with van der Waals surface area (Å²) in [4.78, 5) is 0. The van der Waals surface area contributed by atoms with Gasteiger partial charge in [-0.05, 0) is 64.7 Å². The third-order valence-corrected chi connectivity index (χ3v) is 3.98. The normalized spacial score (nSPS) is 12.2. The van der Waals surface area contributed by atoms with Crippen molar-refractivity contribution < 1.29 is 9.13 Å². The molecule has 1 atom stereocenters. The Bertz CT molecular complexity index is 611. The molecule has 0 aliphatic carbocycles. The molecule has 0 aromatic heterocycles. The molecular formula is C16H16Br2FNO. The number of benzene rings is 2. The molecule has 2 aromatic carbocycles. The summed E-state index contributed by atoms with van der Waals surface area (Å²) in [6.07, 6.45) is 0.724. The van der Waals surface area contributed by atoms with Gasteiger partial charge in [-0.3, -0.25) is 0 Å². The topological polar surface area (TPSA) is 35.2 Å². The zero-order valence-corrected chi connectivity index (χ0v) is 14.7. The Hall–Kier alpha value is -0.910. The molecule has 0 heterocycles. The van der Waals surface area contributed by atoms with Gasteiger partial charge in [-0.1, -0.05) is 28.1 Å². The molecule has 0 aliphatic rings. The molecule has 0 radical (unpaired) electrons. The Morgan fingerprint density at radius 1 is 1.24 bits per heavy atom. The zero-order valence-electron chi connectivity index (χ0n) is 11.6. The van der Waals surface area contributed by atoms with Crippen molar-refractivity contribution >= 4 is 31.9 Å². The molecule has 1 unspecified atom stereocenters. The lowest BCUT2D eigenvalue weighted by molar-refractivity contribution is 0.299. The number of rotatable bonds is 5. The minimum absolute atomic E-state index is 0.0463. The fourth-order valence-electron chi connectivity index (χ4n) is 2.07. The number of nitrogens with two attached hydrogens (primary N) is 1. The van der Waals surface area contributed by atoms with Crippen LogP contribution in [0.2, 0.25) is 0 Å². The lowest BCUT2D eigenvalue weighted by Crippen LogP contribution is -2.18. The quantitative estimate of drug-likeness (QED) is 0.758. The van der Waals surface area contributed by atoms with E-state index >= 15 is 0 Å². The van der Waals surface area contributed by atoms with Crippen LogP contribution in [0.25, 0.3) is 0 Å². The van der Waals surface area contributed by atoms with E-state index in [1.54, 1.807) is 0 Å². The highest BCUT2D eigenvalue weighted by molar-refractivity contribution is 9.10. The highest BCUT2D eigenvalue weighted by Crippen LogP contribution is 2.31. The molecule has 0 saturated carbocycles. The van der Waals surface area contributed by atoms with Crippen molar-refractivity contribution in [3.05, 3.63) is 62.3 Å². The van der Waals surface area contributed by atoms with Crippen LogP contribution in [-0.2, 0) is 13.0 Å². The molecule has 0 amide bonds. The highest BCUT2D eigenvalue weighted by atomic mass is 79.9. The SMILES string of the molecule is CC(N)Cc1cccc(Br)c1OCc1cc(F)cc(Br)c1. The number of hydrogen-bond acceptors (Lipinski definition) is 2. The fraction of sp³-hybridized carbons (Fsp3) is 0.250. The third-order valence-electron chi connectivity index (χ3n) is 2.90. The lowest BCUT2D eigenvalue weighted by atomic mass is 10.1. The van der Waals surface area contributed by atoms with Crippen LogP contribution >= 0.6 is 31.9 Å². The summed E-state index contributed by atoms with van der Waals surface area (Å²) in [6, 6.07) is 10.6. The molecule has 2 nitrogen and oxygen atoms in total. The molecule has 112 valence electrons. The lowest BCUT2D eigenvalue weighted by Gasteiger charge is -2.15. The second-order valence-corrected chi connectivity index (χ2v) is 6.75. The number of halogens is 3. The maximum atomic E-state index is 13.4. The molecule has 0 fully saturated rings. The molecule has 2 rings (SSSR count). The van der Waals surface area contributed by atoms with Gasteiger partial charge in [0, 0.05) is 10.5 Å². The van der Waals surface area contributed by atoms with Crippen molar-refractivity contribution in [3.8, 4) is 5.75 Å². The molecule has 2 aromatic rings. The van der Waals surface area contributed by atoms with Crippen LogP contribution in [-0.4, -0.2) is 6.04 Å². The Morgan fingerprint density at radius 3 is 2.67 bits per heavy atom. The predicted molar refractivity (Wildman–Crippen MR) is 89.9 cm³/mol. The maximum absolute atomic E-state index is 13.4. The Labute approximate surface area is 140 Å². The molecular weight excluding hydrogens is 401 g/mol. The largest absolute Gasteiger partial charge is 0.487 e. The standard InChI is InChI=1S/C16H16Br2FNO/c1-10(20)5-12-3-2-4-15(18)16(12)21-9-11-6-13(17)8-14(19)7-11/h2-4,6-8,10H,5,9,20H2,1H3. The minimum atomic E-state index is -0.286. The van der Waals surface area contributed by atoms with E-state index in [4.69, 9.17) is 10.5 Å². The minimum Gasteiger partial charge on any atom is -0.487 e. The molecule has 0 aliphatic heterocycles. The van der Waals surface area contributed by atoms with Gasteiger partial charge >= 0.3 is 0 Å². The second-order valence-electron chi connectivity index (χ2n) is 4.98. The Balaban J connectivity index is 2.19. The predicted octanol–water partition coefficient (Wildman–Crippen LogP) is 4.82. The summed E-state index contributed by atoms with van der Waals surface area (Å²) in [5.41, 5.74) is 7.67. The van der Waals surface area contributed by atoms with Gasteiger partial charge in [0.05, 0.1) is 4.47 Å². The zero-order chi connectivity index (χ0) is 15.4. The van der Waals surface area contributed by atoms with Crippen molar-refractivity contribution in [3.63, 3.8) is 0 Å². The first kappa shape index (κ1) is 16.5. The van der Waals surface area contributed by atoms with E-state index in [1.165, 1.54) is 12.1 Å². The highest BCUT2D eigenvalue weighted by Gasteiger charge is 2.10. The van der Waals surface area contributed by atoms with E-state index in [1.807, 2.05) is 31.2 Å². The summed E-state index contributed by atoms with van der Waals surface area (Å²) < 4.78 is 20.8. The first-order chi connectivity index (χ1) is 9.95. The van der Waals surface area contributed by atoms with E-state index in [9.17, 15) is 4.39 Å². The molecule has 0 saturated heterocycles. The van der Waals surface area contributed by atoms with Crippen molar-refractivity contribution in [1.82, 2.24) is 0 Å². The van der Waals surface area contributed by atoms with E-state index in [2.05, 4.69) is 31.9 Å². The van der Waals surface area contributed by atoms with Crippen LogP contribution in [0.1, 0.15) is 18.1 Å².